The normalized spacial score (nSPS) is 19.9. The van der Waals surface area contributed by atoms with Crippen molar-refractivity contribution in [2.45, 2.75) is 31.7 Å². The Balaban J connectivity index is 1.44. The number of hydrogen-bond acceptors (Lipinski definition) is 5. The van der Waals surface area contributed by atoms with Crippen LogP contribution in [0.1, 0.15) is 25.7 Å². The second-order valence-corrected chi connectivity index (χ2v) is 7.65. The largest absolute Gasteiger partial charge is 0.383 e. The Kier molecular flexibility index (Phi) is 7.03. The molecule has 0 radical (unpaired) electrons. The van der Waals surface area contributed by atoms with Gasteiger partial charge in [-0.25, -0.2) is 4.98 Å². The fraction of sp³-hybridized carbons (Fsp3) is 0.500. The van der Waals surface area contributed by atoms with Gasteiger partial charge in [-0.05, 0) is 31.6 Å². The highest BCUT2D eigenvalue weighted by Gasteiger charge is 2.25. The molecule has 0 aliphatic heterocycles. The first-order chi connectivity index (χ1) is 12.8. The highest BCUT2D eigenvalue weighted by atomic mass is 32.1. The van der Waals surface area contributed by atoms with Crippen molar-refractivity contribution in [2.24, 2.45) is 5.92 Å². The summed E-state index contributed by atoms with van der Waals surface area (Å²) in [5.74, 6) is 0.645. The van der Waals surface area contributed by atoms with Crippen LogP contribution in [0.3, 0.4) is 0 Å². The number of ether oxygens (including phenoxy) is 1. The van der Waals surface area contributed by atoms with Crippen molar-refractivity contribution in [2.75, 3.05) is 32.1 Å². The zero-order chi connectivity index (χ0) is 18.2. The SMILES string of the molecule is COCCN(C=O)C1CCC(CNc2nc(-c3ccccc3)cs2)CC1. The summed E-state index contributed by atoms with van der Waals surface area (Å²) in [5, 5.41) is 6.59. The molecule has 1 aromatic heterocycles. The summed E-state index contributed by atoms with van der Waals surface area (Å²) in [6.07, 6.45) is 5.41. The van der Waals surface area contributed by atoms with E-state index in [2.05, 4.69) is 22.8 Å². The molecule has 1 saturated carbocycles. The monoisotopic (exact) mass is 373 g/mol. The number of nitrogens with zero attached hydrogens (tertiary/aromatic N) is 2. The van der Waals surface area contributed by atoms with Crippen molar-refractivity contribution < 1.29 is 9.53 Å². The van der Waals surface area contributed by atoms with E-state index in [0.717, 1.165) is 55.0 Å². The number of aromatic nitrogens is 1. The summed E-state index contributed by atoms with van der Waals surface area (Å²) in [4.78, 5) is 17.9. The van der Waals surface area contributed by atoms with Crippen molar-refractivity contribution in [1.29, 1.82) is 0 Å². The topological polar surface area (TPSA) is 54.5 Å². The standard InChI is InChI=1S/C20H27N3O2S/c1-25-12-11-23(15-24)18-9-7-16(8-10-18)13-21-20-22-19(14-26-20)17-5-3-2-4-6-17/h2-6,14-16,18H,7-13H2,1H3,(H,21,22). The highest BCUT2D eigenvalue weighted by Crippen LogP contribution is 2.29. The lowest BCUT2D eigenvalue weighted by atomic mass is 9.85. The Morgan fingerprint density at radius 1 is 1.27 bits per heavy atom. The zero-order valence-electron chi connectivity index (χ0n) is 15.3. The molecule has 0 unspecified atom stereocenters. The number of hydrogen-bond donors (Lipinski definition) is 1. The number of rotatable bonds is 9. The van der Waals surface area contributed by atoms with Crippen LogP contribution >= 0.6 is 11.3 Å². The van der Waals surface area contributed by atoms with Gasteiger partial charge in [0, 0.05) is 37.2 Å². The maximum Gasteiger partial charge on any atom is 0.210 e. The lowest BCUT2D eigenvalue weighted by molar-refractivity contribution is -0.121. The molecule has 140 valence electrons. The minimum atomic E-state index is 0.364. The Labute approximate surface area is 159 Å². The maximum absolute atomic E-state index is 11.3. The molecular weight excluding hydrogens is 346 g/mol. The Morgan fingerprint density at radius 3 is 2.73 bits per heavy atom. The molecule has 5 nitrogen and oxygen atoms in total. The molecule has 1 amide bonds. The minimum absolute atomic E-state index is 0.364. The number of benzene rings is 1. The van der Waals surface area contributed by atoms with E-state index in [0.29, 0.717) is 25.1 Å². The second kappa shape index (κ2) is 9.69. The number of carbonyl (C=O) groups excluding carboxylic acids is 1. The second-order valence-electron chi connectivity index (χ2n) is 6.80. The van der Waals surface area contributed by atoms with Gasteiger partial charge in [0.2, 0.25) is 6.41 Å². The lowest BCUT2D eigenvalue weighted by Crippen LogP contribution is -2.39. The quantitative estimate of drug-likeness (QED) is 0.678. The van der Waals surface area contributed by atoms with Crippen molar-refractivity contribution in [1.82, 2.24) is 9.88 Å². The van der Waals surface area contributed by atoms with Gasteiger partial charge >= 0.3 is 0 Å². The molecule has 0 bridgehead atoms. The van der Waals surface area contributed by atoms with E-state index in [-0.39, 0.29) is 0 Å². The average Bonchev–Trinajstić information content (AvgIpc) is 3.18. The van der Waals surface area contributed by atoms with E-state index in [1.54, 1.807) is 18.4 Å². The minimum Gasteiger partial charge on any atom is -0.383 e. The predicted octanol–water partition coefficient (Wildman–Crippen LogP) is 3.89. The van der Waals surface area contributed by atoms with Crippen LogP contribution in [0.5, 0.6) is 0 Å². The van der Waals surface area contributed by atoms with Crippen molar-refractivity contribution in [3.8, 4) is 11.3 Å². The van der Waals surface area contributed by atoms with Crippen LogP contribution in [-0.2, 0) is 9.53 Å². The number of anilines is 1. The number of amides is 1. The Hall–Kier alpha value is -1.92. The van der Waals surface area contributed by atoms with E-state index >= 15 is 0 Å². The van der Waals surface area contributed by atoms with E-state index in [4.69, 9.17) is 9.72 Å². The van der Waals surface area contributed by atoms with Gasteiger partial charge in [-0.1, -0.05) is 30.3 Å². The van der Waals surface area contributed by atoms with Gasteiger partial charge in [-0.2, -0.15) is 0 Å². The molecular formula is C20H27N3O2S. The predicted molar refractivity (Wildman–Crippen MR) is 106 cm³/mol. The van der Waals surface area contributed by atoms with E-state index in [9.17, 15) is 4.79 Å². The molecule has 2 aromatic rings. The fourth-order valence-corrected chi connectivity index (χ4v) is 4.26. The number of nitrogens with one attached hydrogen (secondary N) is 1. The maximum atomic E-state index is 11.3. The van der Waals surface area contributed by atoms with Crippen LogP contribution in [0.4, 0.5) is 5.13 Å². The molecule has 3 rings (SSSR count). The summed E-state index contributed by atoms with van der Waals surface area (Å²) in [6, 6.07) is 10.6. The van der Waals surface area contributed by atoms with Gasteiger partial charge < -0.3 is 15.0 Å². The third kappa shape index (κ3) is 5.05. The van der Waals surface area contributed by atoms with E-state index in [1.165, 1.54) is 0 Å². The molecule has 6 heteroatoms. The summed E-state index contributed by atoms with van der Waals surface area (Å²) >= 11 is 1.66. The van der Waals surface area contributed by atoms with Gasteiger partial charge in [0.05, 0.1) is 12.3 Å². The molecule has 1 aliphatic carbocycles. The van der Waals surface area contributed by atoms with Crippen LogP contribution in [0.15, 0.2) is 35.7 Å². The molecule has 0 saturated heterocycles. The van der Waals surface area contributed by atoms with Crippen molar-refractivity contribution >= 4 is 22.9 Å². The zero-order valence-corrected chi connectivity index (χ0v) is 16.1. The van der Waals surface area contributed by atoms with Gasteiger partial charge in [0.1, 0.15) is 0 Å². The smallest absolute Gasteiger partial charge is 0.210 e. The lowest BCUT2D eigenvalue weighted by Gasteiger charge is -2.34. The molecule has 1 heterocycles. The molecule has 1 fully saturated rings. The van der Waals surface area contributed by atoms with Crippen molar-refractivity contribution in [3.63, 3.8) is 0 Å². The summed E-state index contributed by atoms with van der Waals surface area (Å²) in [7, 11) is 1.67. The molecule has 0 spiro atoms. The summed E-state index contributed by atoms with van der Waals surface area (Å²) in [5.41, 5.74) is 2.18. The Bertz CT molecular complexity index is 669. The summed E-state index contributed by atoms with van der Waals surface area (Å²) < 4.78 is 5.09. The number of methoxy groups -OCH3 is 1. The third-order valence-electron chi connectivity index (χ3n) is 5.09. The van der Waals surface area contributed by atoms with Gasteiger partial charge in [-0.3, -0.25) is 4.79 Å². The fourth-order valence-electron chi connectivity index (χ4n) is 3.53. The molecule has 0 atom stereocenters. The van der Waals surface area contributed by atoms with Crippen LogP contribution in [0, 0.1) is 5.92 Å². The van der Waals surface area contributed by atoms with E-state index in [1.807, 2.05) is 23.1 Å². The van der Waals surface area contributed by atoms with Crippen LogP contribution in [0.25, 0.3) is 11.3 Å². The van der Waals surface area contributed by atoms with Gasteiger partial charge in [0.25, 0.3) is 0 Å². The van der Waals surface area contributed by atoms with Crippen LogP contribution < -0.4 is 5.32 Å². The first kappa shape index (κ1) is 18.9. The number of thiazole rings is 1. The third-order valence-corrected chi connectivity index (χ3v) is 5.89. The first-order valence-electron chi connectivity index (χ1n) is 9.25. The highest BCUT2D eigenvalue weighted by molar-refractivity contribution is 7.14. The molecule has 26 heavy (non-hydrogen) atoms. The van der Waals surface area contributed by atoms with Crippen LogP contribution in [-0.4, -0.2) is 49.1 Å². The van der Waals surface area contributed by atoms with Crippen LogP contribution in [0.2, 0.25) is 0 Å². The molecule has 1 N–H and O–H groups in total. The number of carbonyl (C=O) groups is 1. The Morgan fingerprint density at radius 2 is 2.04 bits per heavy atom. The average molecular weight is 374 g/mol. The van der Waals surface area contributed by atoms with E-state index < -0.39 is 0 Å². The van der Waals surface area contributed by atoms with Crippen molar-refractivity contribution in [3.05, 3.63) is 35.7 Å². The van der Waals surface area contributed by atoms with Gasteiger partial charge in [0.15, 0.2) is 5.13 Å². The molecule has 1 aliphatic rings. The first-order valence-corrected chi connectivity index (χ1v) is 10.1. The molecule has 1 aromatic carbocycles. The summed E-state index contributed by atoms with van der Waals surface area (Å²) in [6.45, 7) is 2.25. The van der Waals surface area contributed by atoms with Gasteiger partial charge in [-0.15, -0.1) is 11.3 Å².